The fourth-order valence-electron chi connectivity index (χ4n) is 2.96. The molecule has 0 radical (unpaired) electrons. The number of non-ortho nitro benzene ring substituents is 1. The zero-order chi connectivity index (χ0) is 19.4. The maximum Gasteiger partial charge on any atom is 0.335 e. The molecule has 2 aromatic rings. The molecule has 0 aromatic heterocycles. The summed E-state index contributed by atoms with van der Waals surface area (Å²) in [4.78, 5) is 22.6. The van der Waals surface area contributed by atoms with Crippen LogP contribution in [-0.4, -0.2) is 31.2 Å². The normalized spacial score (nSPS) is 15.6. The number of methoxy groups -OCH3 is 2. The Morgan fingerprint density at radius 1 is 1.11 bits per heavy atom. The van der Waals surface area contributed by atoms with Crippen LogP contribution >= 0.6 is 0 Å². The van der Waals surface area contributed by atoms with Crippen molar-refractivity contribution in [1.82, 2.24) is 0 Å². The van der Waals surface area contributed by atoms with E-state index in [1.807, 2.05) is 0 Å². The highest BCUT2D eigenvalue weighted by Crippen LogP contribution is 2.35. The number of hydrogen-bond acceptors (Lipinski definition) is 7. The first kappa shape index (κ1) is 18.7. The molecule has 27 heavy (non-hydrogen) atoms. The minimum Gasteiger partial charge on any atom is -0.496 e. The minimum absolute atomic E-state index is 0.0127. The van der Waals surface area contributed by atoms with E-state index in [4.69, 9.17) is 18.9 Å². The predicted octanol–water partition coefficient (Wildman–Crippen LogP) is 2.80. The van der Waals surface area contributed by atoms with Crippen molar-refractivity contribution in [2.45, 2.75) is 25.7 Å². The zero-order valence-electron chi connectivity index (χ0n) is 15.0. The third-order valence-electron chi connectivity index (χ3n) is 4.39. The number of carbonyl (C=O) groups is 1. The van der Waals surface area contributed by atoms with Crippen LogP contribution in [0.2, 0.25) is 0 Å². The molecule has 0 bridgehead atoms. The molecule has 1 aliphatic heterocycles. The molecule has 3 rings (SSSR count). The van der Waals surface area contributed by atoms with E-state index >= 15 is 0 Å². The topological polar surface area (TPSA) is 97.1 Å². The van der Waals surface area contributed by atoms with Crippen LogP contribution < -0.4 is 9.47 Å². The summed E-state index contributed by atoms with van der Waals surface area (Å²) in [6.07, 6.45) is -0.439. The van der Waals surface area contributed by atoms with Crippen LogP contribution in [0.4, 0.5) is 5.69 Å². The molecule has 0 saturated carbocycles. The van der Waals surface area contributed by atoms with Crippen LogP contribution in [0.5, 0.6) is 11.5 Å². The number of nitro benzene ring substituents is 1. The second kappa shape index (κ2) is 8.05. The van der Waals surface area contributed by atoms with Gasteiger partial charge in [-0.25, -0.2) is 4.79 Å². The third kappa shape index (κ3) is 4.01. The highest BCUT2D eigenvalue weighted by molar-refractivity contribution is 5.76. The Kier molecular flexibility index (Phi) is 5.56. The van der Waals surface area contributed by atoms with Crippen molar-refractivity contribution < 1.29 is 28.7 Å². The van der Waals surface area contributed by atoms with Gasteiger partial charge in [0.15, 0.2) is 6.10 Å². The Bertz CT molecular complexity index is 848. The lowest BCUT2D eigenvalue weighted by Crippen LogP contribution is -2.32. The van der Waals surface area contributed by atoms with E-state index in [-0.39, 0.29) is 18.9 Å². The van der Waals surface area contributed by atoms with Gasteiger partial charge in [-0.2, -0.15) is 0 Å². The summed E-state index contributed by atoms with van der Waals surface area (Å²) in [6.45, 7) is 0.228. The molecule has 0 spiro atoms. The lowest BCUT2D eigenvalue weighted by atomic mass is 9.97. The van der Waals surface area contributed by atoms with Gasteiger partial charge in [0.25, 0.3) is 5.69 Å². The maximum absolute atomic E-state index is 12.4. The van der Waals surface area contributed by atoms with Crippen LogP contribution in [0.15, 0.2) is 36.4 Å². The van der Waals surface area contributed by atoms with E-state index in [9.17, 15) is 14.9 Å². The first-order valence-corrected chi connectivity index (χ1v) is 8.27. The second-order valence-electron chi connectivity index (χ2n) is 5.96. The lowest BCUT2D eigenvalue weighted by Gasteiger charge is -2.26. The molecule has 2 aromatic carbocycles. The molecule has 0 saturated heterocycles. The zero-order valence-corrected chi connectivity index (χ0v) is 15.0. The highest BCUT2D eigenvalue weighted by atomic mass is 16.6. The van der Waals surface area contributed by atoms with Crippen molar-refractivity contribution in [3.05, 3.63) is 63.2 Å². The molecule has 1 aliphatic rings. The third-order valence-corrected chi connectivity index (χ3v) is 4.39. The fourth-order valence-corrected chi connectivity index (χ4v) is 2.96. The van der Waals surface area contributed by atoms with Crippen molar-refractivity contribution in [3.63, 3.8) is 0 Å². The Morgan fingerprint density at radius 2 is 1.74 bits per heavy atom. The van der Waals surface area contributed by atoms with Crippen LogP contribution in [0.25, 0.3) is 0 Å². The molecule has 142 valence electrons. The van der Waals surface area contributed by atoms with Crippen molar-refractivity contribution in [2.75, 3.05) is 14.2 Å². The molecule has 0 fully saturated rings. The van der Waals surface area contributed by atoms with Gasteiger partial charge in [0.1, 0.15) is 18.1 Å². The van der Waals surface area contributed by atoms with E-state index < -0.39 is 17.0 Å². The summed E-state index contributed by atoms with van der Waals surface area (Å²) >= 11 is 0. The van der Waals surface area contributed by atoms with Gasteiger partial charge in [0.05, 0.1) is 25.7 Å². The Morgan fingerprint density at radius 3 is 2.33 bits per heavy atom. The molecule has 1 atom stereocenters. The summed E-state index contributed by atoms with van der Waals surface area (Å²) in [5, 5.41) is 10.7. The van der Waals surface area contributed by atoms with E-state index in [2.05, 4.69) is 0 Å². The van der Waals surface area contributed by atoms with E-state index in [0.717, 1.165) is 11.1 Å². The summed E-state index contributed by atoms with van der Waals surface area (Å²) in [5.41, 5.74) is 2.36. The molecule has 0 amide bonds. The average Bonchev–Trinajstić information content (AvgIpc) is 2.70. The molecule has 8 nitrogen and oxygen atoms in total. The quantitative estimate of drug-likeness (QED) is 0.436. The Balaban J connectivity index is 1.66. The SMILES string of the molecule is COc1ccc(OC)c2c1COC(C(=O)OCc1ccc([N+](=O)[O-])cc1)C2. The van der Waals surface area contributed by atoms with Crippen molar-refractivity contribution in [3.8, 4) is 11.5 Å². The molecular formula is C19H19NO7. The predicted molar refractivity (Wildman–Crippen MR) is 94.7 cm³/mol. The molecule has 0 aliphatic carbocycles. The van der Waals surface area contributed by atoms with Crippen molar-refractivity contribution >= 4 is 11.7 Å². The number of nitrogens with zero attached hydrogens (tertiary/aromatic N) is 1. The van der Waals surface area contributed by atoms with Gasteiger partial charge in [-0.15, -0.1) is 0 Å². The monoisotopic (exact) mass is 373 g/mol. The number of benzene rings is 2. The maximum atomic E-state index is 12.4. The first-order valence-electron chi connectivity index (χ1n) is 8.27. The number of ether oxygens (including phenoxy) is 4. The fraction of sp³-hybridized carbons (Fsp3) is 0.316. The van der Waals surface area contributed by atoms with E-state index in [1.54, 1.807) is 38.5 Å². The van der Waals surface area contributed by atoms with Crippen LogP contribution in [-0.2, 0) is 33.9 Å². The van der Waals surface area contributed by atoms with Gasteiger partial charge < -0.3 is 18.9 Å². The largest absolute Gasteiger partial charge is 0.496 e. The Labute approximate surface area is 155 Å². The van der Waals surface area contributed by atoms with E-state index in [1.165, 1.54) is 12.1 Å². The molecular weight excluding hydrogens is 354 g/mol. The molecule has 1 unspecified atom stereocenters. The summed E-state index contributed by atoms with van der Waals surface area (Å²) in [7, 11) is 3.14. The molecule has 1 heterocycles. The number of fused-ring (bicyclic) bond motifs is 1. The lowest BCUT2D eigenvalue weighted by molar-refractivity contribution is -0.384. The number of carbonyl (C=O) groups excluding carboxylic acids is 1. The number of nitro groups is 1. The Hall–Kier alpha value is -3.13. The van der Waals surface area contributed by atoms with E-state index in [0.29, 0.717) is 23.5 Å². The standard InChI is InChI=1S/C19H19NO7/c1-24-16-7-8-17(25-2)15-11-26-18(9-14(15)16)19(21)27-10-12-3-5-13(6-4-12)20(22)23/h3-8,18H,9-11H2,1-2H3. The summed E-state index contributed by atoms with van der Waals surface area (Å²) < 4.78 is 21.7. The van der Waals surface area contributed by atoms with Crippen LogP contribution in [0.3, 0.4) is 0 Å². The molecule has 8 heteroatoms. The van der Waals surface area contributed by atoms with Gasteiger partial charge >= 0.3 is 5.97 Å². The van der Waals surface area contributed by atoms with Gasteiger partial charge in [-0.3, -0.25) is 10.1 Å². The van der Waals surface area contributed by atoms with Crippen molar-refractivity contribution in [2.24, 2.45) is 0 Å². The summed E-state index contributed by atoms with van der Waals surface area (Å²) in [6, 6.07) is 9.44. The highest BCUT2D eigenvalue weighted by Gasteiger charge is 2.30. The summed E-state index contributed by atoms with van der Waals surface area (Å²) in [5.74, 6) is 0.856. The minimum atomic E-state index is -0.753. The first-order chi connectivity index (χ1) is 13.0. The second-order valence-corrected chi connectivity index (χ2v) is 5.96. The van der Waals surface area contributed by atoms with Gasteiger partial charge in [-0.05, 0) is 29.8 Å². The van der Waals surface area contributed by atoms with Crippen LogP contribution in [0, 0.1) is 10.1 Å². The van der Waals surface area contributed by atoms with Gasteiger partial charge in [-0.1, -0.05) is 0 Å². The number of hydrogen-bond donors (Lipinski definition) is 0. The van der Waals surface area contributed by atoms with Gasteiger partial charge in [0, 0.05) is 29.7 Å². The smallest absolute Gasteiger partial charge is 0.335 e. The van der Waals surface area contributed by atoms with Crippen molar-refractivity contribution in [1.29, 1.82) is 0 Å². The average molecular weight is 373 g/mol. The number of rotatable bonds is 6. The van der Waals surface area contributed by atoms with Gasteiger partial charge in [0.2, 0.25) is 0 Å². The number of esters is 1. The molecule has 0 N–H and O–H groups in total. The van der Waals surface area contributed by atoms with Crippen LogP contribution in [0.1, 0.15) is 16.7 Å².